The van der Waals surface area contributed by atoms with Gasteiger partial charge in [-0.3, -0.25) is 32.5 Å². The number of hydrogen-bond acceptors (Lipinski definition) is 19. The normalized spacial score (nSPS) is 38.9. The number of allylic oxidation sites excluding steroid dienone is 8. The fourth-order valence-corrected chi connectivity index (χ4v) is 19.5. The quantitative estimate of drug-likeness (QED) is 0.0369. The van der Waals surface area contributed by atoms with Crippen molar-refractivity contribution in [1.82, 2.24) is 0 Å². The van der Waals surface area contributed by atoms with Gasteiger partial charge in [0, 0.05) is 33.5 Å². The molecule has 0 unspecified atom stereocenters. The summed E-state index contributed by atoms with van der Waals surface area (Å²) >= 11 is 0. The zero-order chi connectivity index (χ0) is 61.9. The lowest BCUT2D eigenvalue weighted by Crippen LogP contribution is -2.69. The molecule has 19 nitrogen and oxygen atoms in total. The molecule has 490 valence electrons. The second kappa shape index (κ2) is 27.0. The smallest absolute Gasteiger partial charge is 0.390 e. The zero-order valence-electron chi connectivity index (χ0n) is 48.0. The molecule has 8 aliphatic carbocycles. The molecule has 0 aromatic rings. The highest BCUT2D eigenvalue weighted by molar-refractivity contribution is 7.87. The minimum atomic E-state index is -5.80. The van der Waals surface area contributed by atoms with Crippen LogP contribution >= 0.6 is 15.2 Å². The van der Waals surface area contributed by atoms with Crippen LogP contribution in [0.3, 0.4) is 0 Å². The first kappa shape index (κ1) is 76.5. The van der Waals surface area contributed by atoms with Crippen molar-refractivity contribution in [3.05, 3.63) is 47.6 Å². The summed E-state index contributed by atoms with van der Waals surface area (Å²) in [6.45, 7) is 15.5. The Balaban J connectivity index is 0.000000351. The van der Waals surface area contributed by atoms with Gasteiger partial charge < -0.3 is 48.4 Å². The van der Waals surface area contributed by atoms with Crippen molar-refractivity contribution in [2.75, 3.05) is 52.3 Å². The molecule has 8 aliphatic rings. The lowest BCUT2D eigenvalue weighted by atomic mass is 9.44. The van der Waals surface area contributed by atoms with E-state index in [9.17, 15) is 75.4 Å². The first-order valence-electron chi connectivity index (χ1n) is 27.8. The molecule has 0 bridgehead atoms. The first-order chi connectivity index (χ1) is 37.8. The third-order valence-corrected chi connectivity index (χ3v) is 24.6. The van der Waals surface area contributed by atoms with Gasteiger partial charge in [0.05, 0.1) is 38.6 Å². The van der Waals surface area contributed by atoms with Crippen molar-refractivity contribution in [3.63, 3.8) is 0 Å². The average molecular weight is 1280 g/mol. The molecular formula is C58H93F5O19P2S. The van der Waals surface area contributed by atoms with E-state index in [1.54, 1.807) is 67.5 Å². The first-order valence-corrected chi connectivity index (χ1v) is 32.7. The maximum atomic E-state index is 17.2. The molecule has 0 aromatic carbocycles. The number of aliphatic hydroxyl groups is 5. The van der Waals surface area contributed by atoms with Crippen LogP contribution in [0.2, 0.25) is 0 Å². The minimum Gasteiger partial charge on any atom is -0.390 e. The Morgan fingerprint density at radius 3 is 1.34 bits per heavy atom. The van der Waals surface area contributed by atoms with Crippen LogP contribution in [0.15, 0.2) is 47.6 Å². The SMILES string of the molecule is C.C.C.CCOP(=O)(COCC(=O)[C@@]1(O)[C@H](C)C[C@H]2[C@@H]3CCC4=CC(=O)C=C[C@]4(C)[C@@]3(F)[C@@H](O)C[C@@]21C)OCC.CCOP(=O)(COS(=O)(=O)C(F)(F)F)OCC.C[C@@H]1C[C@H]2[C@@H]3CCC4=CC(=O)C=C[C@]4(C)[C@@]3(F)[C@@H](O)C[C@]2(C)[C@@]1(O)C(=O)CO. The maximum absolute atomic E-state index is 17.2. The summed E-state index contributed by atoms with van der Waals surface area (Å²) in [6.07, 6.45) is 6.91. The van der Waals surface area contributed by atoms with Gasteiger partial charge in [-0.2, -0.15) is 21.6 Å². The Hall–Kier alpha value is -2.74. The summed E-state index contributed by atoms with van der Waals surface area (Å²) in [4.78, 5) is 49.9. The van der Waals surface area contributed by atoms with Gasteiger partial charge in [0.1, 0.15) is 30.8 Å². The second-order valence-electron chi connectivity index (χ2n) is 23.9. The predicted molar refractivity (Wildman–Crippen MR) is 306 cm³/mol. The monoisotopic (exact) mass is 1280 g/mol. The van der Waals surface area contributed by atoms with E-state index in [0.717, 1.165) is 0 Å². The molecule has 6 fully saturated rings. The van der Waals surface area contributed by atoms with Crippen LogP contribution in [0.1, 0.15) is 143 Å². The fourth-order valence-electron chi connectivity index (χ4n) is 16.0. The van der Waals surface area contributed by atoms with Gasteiger partial charge in [-0.25, -0.2) is 8.78 Å². The topological polar surface area (TPSA) is 293 Å². The van der Waals surface area contributed by atoms with Crippen molar-refractivity contribution in [2.45, 2.75) is 183 Å². The van der Waals surface area contributed by atoms with Gasteiger partial charge in [0.2, 0.25) is 0 Å². The summed E-state index contributed by atoms with van der Waals surface area (Å²) in [7, 11) is -13.3. The van der Waals surface area contributed by atoms with Crippen LogP contribution in [0.5, 0.6) is 0 Å². The third kappa shape index (κ3) is 12.5. The molecular weight excluding hydrogens is 1190 g/mol. The Morgan fingerprint density at radius 1 is 0.647 bits per heavy atom. The van der Waals surface area contributed by atoms with Crippen LogP contribution < -0.4 is 0 Å². The molecule has 0 heterocycles. The fraction of sp³-hybridized carbons (Fsp3) is 0.793. The van der Waals surface area contributed by atoms with Gasteiger partial charge in [0.15, 0.2) is 40.8 Å². The number of carbonyl (C=O) groups excluding carboxylic acids is 4. The van der Waals surface area contributed by atoms with Gasteiger partial charge in [-0.15, -0.1) is 0 Å². The highest BCUT2D eigenvalue weighted by Crippen LogP contribution is 2.73. The largest absolute Gasteiger partial charge is 0.523 e. The molecule has 0 aromatic heterocycles. The third-order valence-electron chi connectivity index (χ3n) is 19.9. The summed E-state index contributed by atoms with van der Waals surface area (Å²) in [5.74, 6) is -4.38. The van der Waals surface area contributed by atoms with Gasteiger partial charge in [-0.05, 0) is 141 Å². The summed E-state index contributed by atoms with van der Waals surface area (Å²) < 4.78 is 144. The Morgan fingerprint density at radius 2 is 1.00 bits per heavy atom. The standard InChI is InChI=1S/C27H40FO8P.C22H29FO5.C6H12F3O6PS.3CH4/c1-6-35-37(33,36-7-2)16-34-15-23(31)27(32)17(3)12-21-20-9-8-18-13-19(29)10-11-24(18,4)26(20,28)22(30)14-25(21,27)5;1-12-8-16-15-5-4-13-9-14(25)6-7-19(13,2)21(15,23)17(26)10-20(16,3)22(12,28)18(27)11-24;1-3-13-16(10,14-4-2)5-15-17(11,12)6(7,8)9;;;/h10-11,13,17,20-22,30,32H,6-9,12,14-16H2,1-5H3;6-7,9,12,15-17,24,26,28H,4-5,8,10-11H2,1-3H3;3-5H2,1-2H3;3*1H4/t17-,20+,21+,22+,24+,25+,26+,27+;12-,15+,16+,17+,19+,20+,21+,22+;;;;/m11..../s1. The lowest BCUT2D eigenvalue weighted by molar-refractivity contribution is -0.219. The van der Waals surface area contributed by atoms with Crippen LogP contribution in [-0.2, 0) is 65.4 Å². The number of ether oxygens (including phenoxy) is 1. The highest BCUT2D eigenvalue weighted by atomic mass is 32.2. The number of carbonyl (C=O) groups is 4. The lowest BCUT2D eigenvalue weighted by Gasteiger charge is -2.62. The van der Waals surface area contributed by atoms with E-state index in [2.05, 4.69) is 13.2 Å². The molecule has 0 radical (unpaired) electrons. The van der Waals surface area contributed by atoms with E-state index in [-0.39, 0.29) is 85.0 Å². The van der Waals surface area contributed by atoms with Crippen molar-refractivity contribution >= 4 is 48.4 Å². The van der Waals surface area contributed by atoms with E-state index in [4.69, 9.17) is 13.8 Å². The predicted octanol–water partition coefficient (Wildman–Crippen LogP) is 10.0. The summed E-state index contributed by atoms with van der Waals surface area (Å²) in [5, 5.41) is 55.3. The highest BCUT2D eigenvalue weighted by Gasteiger charge is 2.77. The van der Waals surface area contributed by atoms with Crippen LogP contribution in [0, 0.1) is 57.2 Å². The van der Waals surface area contributed by atoms with E-state index in [1.807, 2.05) is 0 Å². The number of alkyl halides is 5. The Kier molecular flexibility index (Phi) is 24.3. The van der Waals surface area contributed by atoms with Crippen LogP contribution in [0.25, 0.3) is 0 Å². The number of halogens is 5. The number of ketones is 4. The molecule has 0 amide bonds. The van der Waals surface area contributed by atoms with E-state index in [1.165, 1.54) is 38.2 Å². The Labute approximate surface area is 498 Å². The molecule has 85 heavy (non-hydrogen) atoms. The molecule has 8 rings (SSSR count). The molecule has 0 spiro atoms. The average Bonchev–Trinajstić information content (AvgIpc) is 1.67. The number of fused-ring (bicyclic) bond motifs is 10. The van der Waals surface area contributed by atoms with Crippen molar-refractivity contribution in [1.29, 1.82) is 0 Å². The Bertz CT molecular complexity index is 2790. The summed E-state index contributed by atoms with van der Waals surface area (Å²) in [5.41, 5.74) is -16.2. The number of Topliss-reactive ketones (excluding diaryl/α,β-unsaturated/α-hetero) is 2. The molecule has 0 aliphatic heterocycles. The van der Waals surface area contributed by atoms with Gasteiger partial charge in [-0.1, -0.05) is 73.3 Å². The molecule has 5 N–H and O–H groups in total. The van der Waals surface area contributed by atoms with Crippen molar-refractivity contribution in [3.8, 4) is 0 Å². The molecule has 0 saturated heterocycles. The molecule has 16 atom stereocenters. The van der Waals surface area contributed by atoms with E-state index >= 15 is 8.78 Å². The van der Waals surface area contributed by atoms with Gasteiger partial charge in [0.25, 0.3) is 0 Å². The minimum absolute atomic E-state index is 0. The van der Waals surface area contributed by atoms with Crippen LogP contribution in [-0.4, -0.2) is 150 Å². The molecule has 6 saturated carbocycles. The molecule has 27 heteroatoms. The van der Waals surface area contributed by atoms with Crippen molar-refractivity contribution in [2.24, 2.45) is 57.2 Å². The number of aliphatic hydroxyl groups excluding tert-OH is 3. The van der Waals surface area contributed by atoms with Gasteiger partial charge >= 0.3 is 30.8 Å². The van der Waals surface area contributed by atoms with E-state index in [0.29, 0.717) is 49.7 Å². The van der Waals surface area contributed by atoms with E-state index < -0.39 is 148 Å². The van der Waals surface area contributed by atoms with Crippen LogP contribution in [0.4, 0.5) is 22.0 Å². The second-order valence-corrected chi connectivity index (χ2v) is 29.5. The zero-order valence-corrected chi connectivity index (χ0v) is 50.6. The van der Waals surface area contributed by atoms with Crippen molar-refractivity contribution < 1.29 is 111 Å². The maximum Gasteiger partial charge on any atom is 0.523 e. The number of rotatable bonds is 18. The summed E-state index contributed by atoms with van der Waals surface area (Å²) in [6, 6.07) is 0. The number of hydrogen-bond donors (Lipinski definition) is 5.